The maximum atomic E-state index is 13.0. The van der Waals surface area contributed by atoms with E-state index in [4.69, 9.17) is 27.9 Å². The van der Waals surface area contributed by atoms with Crippen LogP contribution < -0.4 is 10.1 Å². The van der Waals surface area contributed by atoms with Crippen molar-refractivity contribution in [2.45, 2.75) is 44.8 Å². The van der Waals surface area contributed by atoms with Crippen LogP contribution in [-0.2, 0) is 11.4 Å². The Kier molecular flexibility index (Phi) is 6.89. The summed E-state index contributed by atoms with van der Waals surface area (Å²) < 4.78 is 6.82. The highest BCUT2D eigenvalue weighted by Gasteiger charge is 2.39. The van der Waals surface area contributed by atoms with Crippen molar-refractivity contribution in [3.8, 4) is 5.75 Å². The third-order valence-corrected chi connectivity index (χ3v) is 6.73. The predicted molar refractivity (Wildman–Crippen MR) is 125 cm³/mol. The molecular formula is C23H21BrCl2N2O3. The van der Waals surface area contributed by atoms with E-state index >= 15 is 0 Å². The van der Waals surface area contributed by atoms with E-state index in [0.29, 0.717) is 21.4 Å². The number of nitrogens with zero attached hydrogens (tertiary/aromatic N) is 1. The number of carbonyl (C=O) groups excluding carboxylic acids is 2. The first-order chi connectivity index (χ1) is 14.9. The van der Waals surface area contributed by atoms with Crippen LogP contribution in [0.15, 0.2) is 46.6 Å². The van der Waals surface area contributed by atoms with Gasteiger partial charge in [-0.3, -0.25) is 9.69 Å². The third kappa shape index (κ3) is 5.08. The van der Waals surface area contributed by atoms with Crippen molar-refractivity contribution in [2.24, 2.45) is 0 Å². The number of hydrogen-bond acceptors (Lipinski definition) is 3. The van der Waals surface area contributed by atoms with Gasteiger partial charge in [0.15, 0.2) is 0 Å². The number of nitrogens with one attached hydrogen (secondary N) is 1. The molecular weight excluding hydrogens is 503 g/mol. The fourth-order valence-corrected chi connectivity index (χ4v) is 4.63. The number of amides is 3. The Morgan fingerprint density at radius 2 is 1.84 bits per heavy atom. The van der Waals surface area contributed by atoms with Crippen LogP contribution >= 0.6 is 39.1 Å². The number of hydrogen-bond donors (Lipinski definition) is 1. The van der Waals surface area contributed by atoms with Gasteiger partial charge < -0.3 is 10.1 Å². The zero-order chi connectivity index (χ0) is 22.0. The smallest absolute Gasteiger partial charge is 0.329 e. The van der Waals surface area contributed by atoms with E-state index in [1.54, 1.807) is 18.2 Å². The van der Waals surface area contributed by atoms with Gasteiger partial charge in [0.05, 0.1) is 10.0 Å². The summed E-state index contributed by atoms with van der Waals surface area (Å²) in [5, 5.41) is 3.67. The molecule has 4 rings (SSSR count). The first-order valence-electron chi connectivity index (χ1n) is 10.1. The molecule has 0 bridgehead atoms. The molecule has 2 aromatic rings. The van der Waals surface area contributed by atoms with Gasteiger partial charge in [0.25, 0.3) is 5.91 Å². The fraction of sp³-hybridized carbons (Fsp3) is 0.304. The molecule has 1 N–H and O–H groups in total. The van der Waals surface area contributed by atoms with Crippen LogP contribution in [0.3, 0.4) is 0 Å². The zero-order valence-electron chi connectivity index (χ0n) is 16.7. The predicted octanol–water partition coefficient (Wildman–Crippen LogP) is 6.56. The Balaban J connectivity index is 1.55. The summed E-state index contributed by atoms with van der Waals surface area (Å²) in [7, 11) is 0. The maximum absolute atomic E-state index is 13.0. The highest BCUT2D eigenvalue weighted by atomic mass is 79.9. The fourth-order valence-electron chi connectivity index (χ4n) is 3.93. The molecule has 1 saturated carbocycles. The second-order valence-corrected chi connectivity index (χ2v) is 9.40. The van der Waals surface area contributed by atoms with Gasteiger partial charge >= 0.3 is 6.03 Å². The topological polar surface area (TPSA) is 58.6 Å². The zero-order valence-corrected chi connectivity index (χ0v) is 19.8. The molecule has 31 heavy (non-hydrogen) atoms. The lowest BCUT2D eigenvalue weighted by Gasteiger charge is -2.28. The molecule has 2 aliphatic rings. The standard InChI is InChI=1S/C23H21BrCl2N2O3/c24-16-7-9-21(31-13-14-6-8-18(25)19(26)10-14)15(11-16)12-20-22(29)28(23(30)27-20)17-4-2-1-3-5-17/h6-12,17H,1-5,13H2,(H,27,30)/b20-12-. The normalized spacial score (nSPS) is 18.5. The molecule has 0 aromatic heterocycles. The number of urea groups is 1. The number of carbonyl (C=O) groups is 2. The van der Waals surface area contributed by atoms with E-state index in [2.05, 4.69) is 21.2 Å². The van der Waals surface area contributed by atoms with Crippen molar-refractivity contribution in [3.05, 3.63) is 67.7 Å². The molecule has 1 aliphatic heterocycles. The lowest BCUT2D eigenvalue weighted by Crippen LogP contribution is -2.41. The first kappa shape index (κ1) is 22.2. The molecule has 162 valence electrons. The Bertz CT molecular complexity index is 1050. The minimum absolute atomic E-state index is 0.0277. The molecule has 2 fully saturated rings. The van der Waals surface area contributed by atoms with Crippen LogP contribution in [0.5, 0.6) is 5.75 Å². The molecule has 0 radical (unpaired) electrons. The molecule has 2 aromatic carbocycles. The van der Waals surface area contributed by atoms with Crippen LogP contribution in [0.4, 0.5) is 4.79 Å². The Morgan fingerprint density at radius 1 is 1.06 bits per heavy atom. The second-order valence-electron chi connectivity index (χ2n) is 7.67. The lowest BCUT2D eigenvalue weighted by molar-refractivity contribution is -0.124. The van der Waals surface area contributed by atoms with Crippen molar-refractivity contribution < 1.29 is 14.3 Å². The van der Waals surface area contributed by atoms with Gasteiger partial charge in [-0.15, -0.1) is 0 Å². The monoisotopic (exact) mass is 522 g/mol. The summed E-state index contributed by atoms with van der Waals surface area (Å²) >= 11 is 15.5. The van der Waals surface area contributed by atoms with Crippen molar-refractivity contribution in [1.29, 1.82) is 0 Å². The van der Waals surface area contributed by atoms with Gasteiger partial charge in [-0.05, 0) is 54.8 Å². The average Bonchev–Trinajstić information content (AvgIpc) is 3.03. The van der Waals surface area contributed by atoms with Gasteiger partial charge in [-0.25, -0.2) is 4.79 Å². The molecule has 0 atom stereocenters. The lowest BCUT2D eigenvalue weighted by atomic mass is 9.94. The molecule has 0 spiro atoms. The van der Waals surface area contributed by atoms with Crippen molar-refractivity contribution >= 4 is 57.1 Å². The summed E-state index contributed by atoms with van der Waals surface area (Å²) in [5.41, 5.74) is 1.81. The Labute approximate surface area is 199 Å². The molecule has 0 unspecified atom stereocenters. The largest absolute Gasteiger partial charge is 0.488 e. The highest BCUT2D eigenvalue weighted by molar-refractivity contribution is 9.10. The van der Waals surface area contributed by atoms with Crippen molar-refractivity contribution in [2.75, 3.05) is 0 Å². The van der Waals surface area contributed by atoms with E-state index in [0.717, 1.165) is 42.1 Å². The Morgan fingerprint density at radius 3 is 2.58 bits per heavy atom. The average molecular weight is 524 g/mol. The summed E-state index contributed by atoms with van der Waals surface area (Å²) in [5.74, 6) is 0.298. The third-order valence-electron chi connectivity index (χ3n) is 5.50. The van der Waals surface area contributed by atoms with E-state index in [-0.39, 0.29) is 30.3 Å². The van der Waals surface area contributed by atoms with Crippen LogP contribution in [-0.4, -0.2) is 22.9 Å². The first-order valence-corrected chi connectivity index (χ1v) is 11.7. The molecule has 1 saturated heterocycles. The van der Waals surface area contributed by atoms with E-state index in [1.165, 1.54) is 4.90 Å². The molecule has 1 heterocycles. The number of imide groups is 1. The minimum atomic E-state index is -0.351. The summed E-state index contributed by atoms with van der Waals surface area (Å²) in [4.78, 5) is 26.8. The number of ether oxygens (including phenoxy) is 1. The number of benzene rings is 2. The number of halogens is 3. The number of rotatable bonds is 5. The quantitative estimate of drug-likeness (QED) is 0.356. The molecule has 8 heteroatoms. The van der Waals surface area contributed by atoms with Crippen molar-refractivity contribution in [1.82, 2.24) is 10.2 Å². The van der Waals surface area contributed by atoms with Crippen LogP contribution in [0.25, 0.3) is 6.08 Å². The van der Waals surface area contributed by atoms with Gasteiger partial charge in [0, 0.05) is 16.1 Å². The van der Waals surface area contributed by atoms with E-state index in [9.17, 15) is 9.59 Å². The molecule has 1 aliphatic carbocycles. The molecule has 3 amide bonds. The molecule has 5 nitrogen and oxygen atoms in total. The van der Waals surface area contributed by atoms with Crippen LogP contribution in [0.1, 0.15) is 43.2 Å². The van der Waals surface area contributed by atoms with E-state index in [1.807, 2.05) is 24.3 Å². The van der Waals surface area contributed by atoms with Gasteiger partial charge in [-0.2, -0.15) is 0 Å². The second kappa shape index (κ2) is 9.63. The van der Waals surface area contributed by atoms with Gasteiger partial charge in [0.1, 0.15) is 18.1 Å². The minimum Gasteiger partial charge on any atom is -0.488 e. The van der Waals surface area contributed by atoms with E-state index < -0.39 is 0 Å². The van der Waals surface area contributed by atoms with Gasteiger partial charge in [-0.1, -0.05) is 64.5 Å². The summed E-state index contributed by atoms with van der Waals surface area (Å²) in [6.45, 7) is 0.281. The van der Waals surface area contributed by atoms with Crippen LogP contribution in [0.2, 0.25) is 10.0 Å². The highest BCUT2D eigenvalue weighted by Crippen LogP contribution is 2.30. The van der Waals surface area contributed by atoms with Crippen molar-refractivity contribution in [3.63, 3.8) is 0 Å². The Hall–Kier alpha value is -2.02. The SMILES string of the molecule is O=C1N/C(=C\c2cc(Br)ccc2OCc2ccc(Cl)c(Cl)c2)C(=O)N1C1CCCCC1. The summed E-state index contributed by atoms with van der Waals surface area (Å²) in [6.07, 6.45) is 6.62. The summed E-state index contributed by atoms with van der Waals surface area (Å²) in [6, 6.07) is 10.5. The maximum Gasteiger partial charge on any atom is 0.329 e. The van der Waals surface area contributed by atoms with Crippen LogP contribution in [0, 0.1) is 0 Å². The van der Waals surface area contributed by atoms with Gasteiger partial charge in [0.2, 0.25) is 0 Å².